The molecular formula is C25H24N4O4S. The number of esters is 1. The van der Waals surface area contributed by atoms with Crippen LogP contribution in [0, 0.1) is 5.41 Å². The summed E-state index contributed by atoms with van der Waals surface area (Å²) in [6, 6.07) is 12.3. The number of hydrogen-bond donors (Lipinski definition) is 1. The van der Waals surface area contributed by atoms with Crippen LogP contribution in [0.25, 0.3) is 6.08 Å². The van der Waals surface area contributed by atoms with Crippen LogP contribution in [-0.4, -0.2) is 39.5 Å². The van der Waals surface area contributed by atoms with E-state index in [0.29, 0.717) is 39.6 Å². The number of aliphatic imine (C=N–C) groups is 1. The molecule has 0 atom stereocenters. The van der Waals surface area contributed by atoms with E-state index in [-0.39, 0.29) is 17.2 Å². The molecule has 1 N–H and O–H groups in total. The van der Waals surface area contributed by atoms with Gasteiger partial charge in [0.25, 0.3) is 5.91 Å². The van der Waals surface area contributed by atoms with Crippen molar-refractivity contribution >= 4 is 45.8 Å². The van der Waals surface area contributed by atoms with Crippen molar-refractivity contribution in [2.75, 3.05) is 6.61 Å². The van der Waals surface area contributed by atoms with Crippen LogP contribution in [0.2, 0.25) is 0 Å². The number of rotatable bonds is 6. The number of amidine groups is 2. The summed E-state index contributed by atoms with van der Waals surface area (Å²) in [5.74, 6) is -0.0546. The van der Waals surface area contributed by atoms with Gasteiger partial charge in [-0.2, -0.15) is 15.1 Å². The van der Waals surface area contributed by atoms with Gasteiger partial charge in [0.1, 0.15) is 0 Å². The smallest absolute Gasteiger partial charge is 0.343 e. The first-order valence-corrected chi connectivity index (χ1v) is 11.6. The standard InChI is InChI=1S/C25H24N4O4S/c1-5-32-21-13-16(12-19-22(26)29-25(27-23(19)30)34-15(4)28-29)6-11-20(21)33-24(31)18-9-7-17(8-10-18)14(2)3/h6-14,26H,5H2,1-4H3/b19-12-,26-22?. The molecule has 8 nitrogen and oxygen atoms in total. The highest BCUT2D eigenvalue weighted by atomic mass is 32.2. The molecule has 0 fully saturated rings. The highest BCUT2D eigenvalue weighted by molar-refractivity contribution is 8.26. The summed E-state index contributed by atoms with van der Waals surface area (Å²) in [6.07, 6.45) is 1.55. The van der Waals surface area contributed by atoms with Crippen molar-refractivity contribution in [2.45, 2.75) is 33.6 Å². The molecule has 0 saturated heterocycles. The third-order valence-corrected chi connectivity index (χ3v) is 5.97. The number of ether oxygens (including phenoxy) is 2. The van der Waals surface area contributed by atoms with Crippen LogP contribution in [0.5, 0.6) is 11.5 Å². The van der Waals surface area contributed by atoms with E-state index < -0.39 is 11.9 Å². The summed E-state index contributed by atoms with van der Waals surface area (Å²) in [7, 11) is 0. The first-order valence-electron chi connectivity index (χ1n) is 10.8. The minimum absolute atomic E-state index is 0.0438. The van der Waals surface area contributed by atoms with Gasteiger partial charge in [-0.1, -0.05) is 32.0 Å². The summed E-state index contributed by atoms with van der Waals surface area (Å²) < 4.78 is 11.3. The van der Waals surface area contributed by atoms with Crippen LogP contribution < -0.4 is 9.47 Å². The molecule has 2 aliphatic heterocycles. The number of nitrogens with zero attached hydrogens (tertiary/aromatic N) is 3. The summed E-state index contributed by atoms with van der Waals surface area (Å²) in [6.45, 7) is 8.15. The Labute approximate surface area is 201 Å². The highest BCUT2D eigenvalue weighted by Gasteiger charge is 2.34. The SMILES string of the molecule is CCOc1cc(/C=C2/C(=N)N3N=C(C)SC3=NC2=O)ccc1OC(=O)c1ccc(C(C)C)cc1. The van der Waals surface area contributed by atoms with Crippen LogP contribution in [0.3, 0.4) is 0 Å². The lowest BCUT2D eigenvalue weighted by molar-refractivity contribution is -0.114. The molecule has 2 aromatic carbocycles. The van der Waals surface area contributed by atoms with Gasteiger partial charge in [-0.15, -0.1) is 0 Å². The Bertz CT molecular complexity index is 1260. The molecule has 2 aromatic rings. The van der Waals surface area contributed by atoms with Crippen molar-refractivity contribution in [1.29, 1.82) is 5.41 Å². The minimum Gasteiger partial charge on any atom is -0.490 e. The number of nitrogens with one attached hydrogen (secondary N) is 1. The second kappa shape index (κ2) is 9.64. The highest BCUT2D eigenvalue weighted by Crippen LogP contribution is 2.32. The first kappa shape index (κ1) is 23.4. The predicted molar refractivity (Wildman–Crippen MR) is 134 cm³/mol. The maximum absolute atomic E-state index is 12.7. The zero-order valence-electron chi connectivity index (χ0n) is 19.3. The van der Waals surface area contributed by atoms with Crippen molar-refractivity contribution < 1.29 is 19.1 Å². The van der Waals surface area contributed by atoms with Crippen LogP contribution >= 0.6 is 11.8 Å². The van der Waals surface area contributed by atoms with E-state index in [9.17, 15) is 9.59 Å². The lowest BCUT2D eigenvalue weighted by Gasteiger charge is -2.20. The summed E-state index contributed by atoms with van der Waals surface area (Å²) in [4.78, 5) is 29.2. The molecule has 2 heterocycles. The molecule has 0 saturated carbocycles. The molecular weight excluding hydrogens is 452 g/mol. The topological polar surface area (TPSA) is 104 Å². The molecule has 9 heteroatoms. The van der Waals surface area contributed by atoms with E-state index in [2.05, 4.69) is 23.9 Å². The Morgan fingerprint density at radius 2 is 1.91 bits per heavy atom. The number of amides is 1. The molecule has 0 aromatic heterocycles. The number of benzene rings is 2. The van der Waals surface area contributed by atoms with Gasteiger partial charge < -0.3 is 9.47 Å². The van der Waals surface area contributed by atoms with Gasteiger partial charge in [0.15, 0.2) is 17.3 Å². The van der Waals surface area contributed by atoms with Gasteiger partial charge >= 0.3 is 5.97 Å². The van der Waals surface area contributed by atoms with E-state index in [1.807, 2.05) is 19.1 Å². The van der Waals surface area contributed by atoms with E-state index in [4.69, 9.17) is 14.9 Å². The molecule has 2 aliphatic rings. The fourth-order valence-corrected chi connectivity index (χ4v) is 4.12. The molecule has 0 spiro atoms. The van der Waals surface area contributed by atoms with Crippen LogP contribution in [-0.2, 0) is 4.79 Å². The third kappa shape index (κ3) is 4.79. The quantitative estimate of drug-likeness (QED) is 0.355. The zero-order chi connectivity index (χ0) is 24.4. The van der Waals surface area contributed by atoms with Gasteiger partial charge in [0, 0.05) is 0 Å². The van der Waals surface area contributed by atoms with E-state index >= 15 is 0 Å². The summed E-state index contributed by atoms with van der Waals surface area (Å²) in [5, 5.41) is 15.1. The van der Waals surface area contributed by atoms with Gasteiger partial charge in [0.2, 0.25) is 5.17 Å². The van der Waals surface area contributed by atoms with E-state index in [0.717, 1.165) is 5.56 Å². The van der Waals surface area contributed by atoms with Crippen LogP contribution in [0.1, 0.15) is 55.1 Å². The number of carbonyl (C=O) groups excluding carboxylic acids is 2. The summed E-state index contributed by atoms with van der Waals surface area (Å²) in [5.41, 5.74) is 2.29. The molecule has 0 bridgehead atoms. The average molecular weight is 477 g/mol. The monoisotopic (exact) mass is 476 g/mol. The third-order valence-electron chi connectivity index (χ3n) is 5.15. The molecule has 1 amide bonds. The normalized spacial score (nSPS) is 16.5. The number of hydrazone groups is 1. The Balaban J connectivity index is 1.59. The molecule has 0 aliphatic carbocycles. The molecule has 34 heavy (non-hydrogen) atoms. The second-order valence-corrected chi connectivity index (χ2v) is 9.10. The summed E-state index contributed by atoms with van der Waals surface area (Å²) >= 11 is 1.25. The maximum Gasteiger partial charge on any atom is 0.343 e. The molecule has 0 radical (unpaired) electrons. The Kier molecular flexibility index (Phi) is 6.65. The first-order chi connectivity index (χ1) is 16.3. The van der Waals surface area contributed by atoms with Gasteiger partial charge in [-0.25, -0.2) is 4.79 Å². The number of thioether (sulfide) groups is 1. The number of hydrogen-bond acceptors (Lipinski definition) is 7. The van der Waals surface area contributed by atoms with Gasteiger partial charge in [0.05, 0.1) is 22.8 Å². The average Bonchev–Trinajstić information content (AvgIpc) is 3.18. The van der Waals surface area contributed by atoms with Gasteiger partial charge in [-0.05, 0) is 73.0 Å². The lowest BCUT2D eigenvalue weighted by atomic mass is 10.0. The van der Waals surface area contributed by atoms with Crippen molar-refractivity contribution in [3.05, 3.63) is 64.7 Å². The maximum atomic E-state index is 12.7. The van der Waals surface area contributed by atoms with Crippen molar-refractivity contribution in [3.63, 3.8) is 0 Å². The largest absolute Gasteiger partial charge is 0.490 e. The Morgan fingerprint density at radius 1 is 1.18 bits per heavy atom. The van der Waals surface area contributed by atoms with Crippen molar-refractivity contribution in [1.82, 2.24) is 5.01 Å². The van der Waals surface area contributed by atoms with Gasteiger partial charge in [-0.3, -0.25) is 10.2 Å². The number of fused-ring (bicyclic) bond motifs is 1. The fraction of sp³-hybridized carbons (Fsp3) is 0.240. The predicted octanol–water partition coefficient (Wildman–Crippen LogP) is 5.07. The fourth-order valence-electron chi connectivity index (χ4n) is 3.38. The Hall–Kier alpha value is -3.72. The number of carbonyl (C=O) groups is 2. The second-order valence-electron chi connectivity index (χ2n) is 7.94. The zero-order valence-corrected chi connectivity index (χ0v) is 20.1. The lowest BCUT2D eigenvalue weighted by Crippen LogP contribution is -2.35. The van der Waals surface area contributed by atoms with E-state index in [1.165, 1.54) is 16.8 Å². The van der Waals surface area contributed by atoms with Crippen LogP contribution in [0.4, 0.5) is 0 Å². The van der Waals surface area contributed by atoms with Crippen molar-refractivity contribution in [3.8, 4) is 11.5 Å². The molecule has 4 rings (SSSR count). The van der Waals surface area contributed by atoms with Crippen molar-refractivity contribution in [2.24, 2.45) is 10.1 Å². The van der Waals surface area contributed by atoms with E-state index in [1.54, 1.807) is 43.3 Å². The molecule has 174 valence electrons. The minimum atomic E-state index is -0.507. The molecule has 0 unspecified atom stereocenters. The van der Waals surface area contributed by atoms with Crippen LogP contribution in [0.15, 0.2) is 58.1 Å². The Morgan fingerprint density at radius 3 is 2.59 bits per heavy atom.